The molecule has 2 rings (SSSR count). The molecule has 0 radical (unpaired) electrons. The van der Waals surface area contributed by atoms with Crippen LogP contribution in [0.4, 0.5) is 0 Å². The van der Waals surface area contributed by atoms with Gasteiger partial charge in [-0.05, 0) is 36.8 Å². The van der Waals surface area contributed by atoms with Gasteiger partial charge in [-0.25, -0.2) is 0 Å². The highest BCUT2D eigenvalue weighted by molar-refractivity contribution is 5.31. The lowest BCUT2D eigenvalue weighted by Crippen LogP contribution is -1.94. The number of allylic oxidation sites excluding steroid dienone is 7. The SMILES string of the molecule is CC1C=CC(CCC2=C=CC=C2)=CC1. The minimum Gasteiger partial charge on any atom is -0.117 e. The molecule has 0 aliphatic heterocycles. The van der Waals surface area contributed by atoms with E-state index in [0.29, 0.717) is 0 Å². The average molecular weight is 184 g/mol. The Bertz CT molecular complexity index is 357. The topological polar surface area (TPSA) is 0 Å². The molecule has 1 unspecified atom stereocenters. The monoisotopic (exact) mass is 184 g/mol. The summed E-state index contributed by atoms with van der Waals surface area (Å²) in [5.41, 5.74) is 6.05. The summed E-state index contributed by atoms with van der Waals surface area (Å²) in [6.45, 7) is 2.26. The molecule has 0 heterocycles. The number of hydrogen-bond acceptors (Lipinski definition) is 0. The van der Waals surface area contributed by atoms with Gasteiger partial charge in [-0.2, -0.15) is 0 Å². The van der Waals surface area contributed by atoms with Gasteiger partial charge >= 0.3 is 0 Å². The minimum absolute atomic E-state index is 0.726. The highest BCUT2D eigenvalue weighted by Crippen LogP contribution is 2.21. The van der Waals surface area contributed by atoms with E-state index in [0.717, 1.165) is 18.8 Å². The molecule has 0 heteroatoms. The smallest absolute Gasteiger partial charge is 0.00568 e. The highest BCUT2D eigenvalue weighted by atomic mass is 14.1. The maximum absolute atomic E-state index is 3.23. The van der Waals surface area contributed by atoms with Crippen LogP contribution < -0.4 is 0 Å². The Kier molecular flexibility index (Phi) is 2.86. The molecule has 0 aromatic carbocycles. The molecule has 0 bridgehead atoms. The molecule has 0 aromatic heterocycles. The van der Waals surface area contributed by atoms with Gasteiger partial charge in [-0.1, -0.05) is 42.9 Å². The summed E-state index contributed by atoms with van der Waals surface area (Å²) >= 11 is 0. The summed E-state index contributed by atoms with van der Waals surface area (Å²) in [6, 6.07) is 0. The fraction of sp³-hybridized carbons (Fsp3) is 0.357. The maximum atomic E-state index is 3.23. The third kappa shape index (κ3) is 2.37. The van der Waals surface area contributed by atoms with Crippen LogP contribution in [-0.4, -0.2) is 0 Å². The highest BCUT2D eigenvalue weighted by Gasteiger charge is 2.04. The summed E-state index contributed by atoms with van der Waals surface area (Å²) in [7, 11) is 0. The lowest BCUT2D eigenvalue weighted by atomic mass is 9.95. The first-order chi connectivity index (χ1) is 6.84. The molecular formula is C14H16. The van der Waals surface area contributed by atoms with Gasteiger partial charge in [-0.3, -0.25) is 0 Å². The van der Waals surface area contributed by atoms with Gasteiger partial charge < -0.3 is 0 Å². The Morgan fingerprint density at radius 3 is 2.93 bits per heavy atom. The van der Waals surface area contributed by atoms with Gasteiger partial charge in [0.05, 0.1) is 0 Å². The van der Waals surface area contributed by atoms with Crippen LogP contribution in [0.1, 0.15) is 26.2 Å². The summed E-state index contributed by atoms with van der Waals surface area (Å²) in [6.07, 6.45) is 16.6. The van der Waals surface area contributed by atoms with Crippen molar-refractivity contribution in [1.29, 1.82) is 0 Å². The number of rotatable bonds is 3. The second-order valence-electron chi connectivity index (χ2n) is 4.05. The van der Waals surface area contributed by atoms with Gasteiger partial charge in [0.1, 0.15) is 0 Å². The largest absolute Gasteiger partial charge is 0.117 e. The standard InChI is InChI=1S/C14H16/c1-12-6-8-14(9-7-12)11-10-13-4-2-3-5-13/h2-4,6,8-9,12H,7,10-11H2,1H3. The van der Waals surface area contributed by atoms with Crippen LogP contribution in [0.5, 0.6) is 0 Å². The van der Waals surface area contributed by atoms with Crippen molar-refractivity contribution in [3.63, 3.8) is 0 Å². The van der Waals surface area contributed by atoms with Crippen LogP contribution in [0.25, 0.3) is 0 Å². The summed E-state index contributed by atoms with van der Waals surface area (Å²) in [5.74, 6) is 0.726. The molecule has 14 heavy (non-hydrogen) atoms. The molecule has 0 saturated carbocycles. The summed E-state index contributed by atoms with van der Waals surface area (Å²) < 4.78 is 0. The van der Waals surface area contributed by atoms with Crippen LogP contribution in [0.3, 0.4) is 0 Å². The van der Waals surface area contributed by atoms with Gasteiger partial charge in [0, 0.05) is 0 Å². The Morgan fingerprint density at radius 2 is 2.29 bits per heavy atom. The van der Waals surface area contributed by atoms with Gasteiger partial charge in [-0.15, -0.1) is 5.73 Å². The van der Waals surface area contributed by atoms with Crippen molar-refractivity contribution in [2.75, 3.05) is 0 Å². The Labute approximate surface area is 86.0 Å². The maximum Gasteiger partial charge on any atom is -0.00568 e. The van der Waals surface area contributed by atoms with Crippen LogP contribution in [-0.2, 0) is 0 Å². The Hall–Kier alpha value is -1.26. The molecule has 2 aliphatic rings. The summed E-state index contributed by atoms with van der Waals surface area (Å²) in [5, 5.41) is 0. The van der Waals surface area contributed by atoms with Crippen LogP contribution in [0.2, 0.25) is 0 Å². The van der Waals surface area contributed by atoms with Crippen molar-refractivity contribution in [2.45, 2.75) is 26.2 Å². The second kappa shape index (κ2) is 4.30. The first-order valence-corrected chi connectivity index (χ1v) is 5.34. The zero-order valence-electron chi connectivity index (χ0n) is 8.66. The predicted octanol–water partition coefficient (Wildman–Crippen LogP) is 3.94. The molecule has 2 aliphatic carbocycles. The van der Waals surface area contributed by atoms with E-state index >= 15 is 0 Å². The van der Waals surface area contributed by atoms with Crippen LogP contribution in [0.15, 0.2) is 53.3 Å². The van der Waals surface area contributed by atoms with Gasteiger partial charge in [0.15, 0.2) is 0 Å². The van der Waals surface area contributed by atoms with Crippen molar-refractivity contribution >= 4 is 0 Å². The van der Waals surface area contributed by atoms with E-state index in [1.807, 2.05) is 6.08 Å². The van der Waals surface area contributed by atoms with E-state index in [-0.39, 0.29) is 0 Å². The van der Waals surface area contributed by atoms with Crippen LogP contribution >= 0.6 is 0 Å². The Balaban J connectivity index is 1.85. The van der Waals surface area contributed by atoms with Crippen LogP contribution in [0, 0.1) is 5.92 Å². The molecule has 0 amide bonds. The molecule has 0 saturated heterocycles. The lowest BCUT2D eigenvalue weighted by Gasteiger charge is -2.11. The van der Waals surface area contributed by atoms with Gasteiger partial charge in [0.2, 0.25) is 0 Å². The van der Waals surface area contributed by atoms with E-state index in [2.05, 4.69) is 43.0 Å². The van der Waals surface area contributed by atoms with Crippen molar-refractivity contribution < 1.29 is 0 Å². The minimum atomic E-state index is 0.726. The lowest BCUT2D eigenvalue weighted by molar-refractivity contribution is 0.724. The van der Waals surface area contributed by atoms with E-state index in [4.69, 9.17) is 0 Å². The third-order valence-electron chi connectivity index (χ3n) is 2.74. The molecule has 0 nitrogen and oxygen atoms in total. The van der Waals surface area contributed by atoms with Crippen molar-refractivity contribution in [3.8, 4) is 0 Å². The molecule has 0 fully saturated rings. The first kappa shape index (κ1) is 9.30. The van der Waals surface area contributed by atoms with E-state index < -0.39 is 0 Å². The predicted molar refractivity (Wildman–Crippen MR) is 61.0 cm³/mol. The fourth-order valence-electron chi connectivity index (χ4n) is 1.76. The Morgan fingerprint density at radius 1 is 1.36 bits per heavy atom. The number of hydrogen-bond donors (Lipinski definition) is 0. The van der Waals surface area contributed by atoms with Gasteiger partial charge in [0.25, 0.3) is 0 Å². The van der Waals surface area contributed by atoms with Crippen molar-refractivity contribution in [2.24, 2.45) is 5.92 Å². The quantitative estimate of drug-likeness (QED) is 0.583. The first-order valence-electron chi connectivity index (χ1n) is 5.34. The molecule has 72 valence electrons. The zero-order valence-corrected chi connectivity index (χ0v) is 8.66. The van der Waals surface area contributed by atoms with Crippen molar-refractivity contribution in [3.05, 3.63) is 53.3 Å². The molecule has 0 N–H and O–H groups in total. The zero-order chi connectivity index (χ0) is 9.80. The molecule has 0 aromatic rings. The summed E-state index contributed by atoms with van der Waals surface area (Å²) in [4.78, 5) is 0. The molecule has 1 atom stereocenters. The third-order valence-corrected chi connectivity index (χ3v) is 2.74. The van der Waals surface area contributed by atoms with E-state index in [9.17, 15) is 0 Å². The van der Waals surface area contributed by atoms with Crippen molar-refractivity contribution in [1.82, 2.24) is 0 Å². The molecular weight excluding hydrogens is 168 g/mol. The average Bonchev–Trinajstić information content (AvgIpc) is 2.70. The van der Waals surface area contributed by atoms with E-state index in [1.54, 1.807) is 0 Å². The normalized spacial score (nSPS) is 23.9. The van der Waals surface area contributed by atoms with E-state index in [1.165, 1.54) is 17.6 Å². The second-order valence-corrected chi connectivity index (χ2v) is 4.05. The molecule has 0 spiro atoms. The fourth-order valence-corrected chi connectivity index (χ4v) is 1.76.